The Hall–Kier alpha value is -3.03. The lowest BCUT2D eigenvalue weighted by molar-refractivity contribution is -0.116. The van der Waals surface area contributed by atoms with E-state index < -0.39 is 6.17 Å². The standard InChI is InChI=1S/C24H21ClN4O2S/c1-2-3-14-32-24-27-23(30)21-17-6-4-5-7-18(17)26-22(29(21)28-24)20-13-12-19(31-20)15-8-10-16(25)11-9-15/h4-13,22H,2-3,14H2,1H3,(H,27,28,30). The number of halogens is 1. The van der Waals surface area contributed by atoms with Gasteiger partial charge in [0.2, 0.25) is 6.17 Å². The molecule has 0 saturated carbocycles. The van der Waals surface area contributed by atoms with Crippen molar-refractivity contribution in [2.45, 2.75) is 25.9 Å². The van der Waals surface area contributed by atoms with Crippen molar-refractivity contribution in [2.75, 3.05) is 5.75 Å². The zero-order valence-electron chi connectivity index (χ0n) is 17.4. The molecule has 0 spiro atoms. The normalized spacial score (nSPS) is 17.2. The molecule has 2 aliphatic rings. The van der Waals surface area contributed by atoms with Gasteiger partial charge in [0.05, 0.1) is 5.36 Å². The smallest absolute Gasteiger partial charge is 0.276 e. The number of amidine groups is 1. The summed E-state index contributed by atoms with van der Waals surface area (Å²) in [6.07, 6.45) is 1.56. The first-order chi connectivity index (χ1) is 15.6. The van der Waals surface area contributed by atoms with Crippen LogP contribution in [0.5, 0.6) is 0 Å². The average Bonchev–Trinajstić information content (AvgIpc) is 3.29. The molecule has 0 saturated heterocycles. The van der Waals surface area contributed by atoms with Crippen molar-refractivity contribution in [3.8, 4) is 11.3 Å². The van der Waals surface area contributed by atoms with Crippen molar-refractivity contribution in [3.63, 3.8) is 0 Å². The quantitative estimate of drug-likeness (QED) is 0.572. The highest BCUT2D eigenvalue weighted by molar-refractivity contribution is 8.13. The molecule has 0 bridgehead atoms. The Morgan fingerprint density at radius 1 is 1.12 bits per heavy atom. The average molecular weight is 465 g/mol. The van der Waals surface area contributed by atoms with Gasteiger partial charge in [0.25, 0.3) is 5.91 Å². The molecule has 5 rings (SSSR count). The molecule has 0 radical (unpaired) electrons. The summed E-state index contributed by atoms with van der Waals surface area (Å²) in [6, 6.07) is 18.8. The molecule has 0 fully saturated rings. The SMILES string of the molecule is CCCCSC1=NN2C(=c3ccccc3=NC2c2ccc(-c3ccc(Cl)cc3)o2)C(=O)N1. The first-order valence-electron chi connectivity index (χ1n) is 10.5. The lowest BCUT2D eigenvalue weighted by atomic mass is 10.1. The van der Waals surface area contributed by atoms with E-state index in [0.717, 1.165) is 34.7 Å². The van der Waals surface area contributed by atoms with Crippen LogP contribution in [0.2, 0.25) is 5.02 Å². The number of hydrogen-bond donors (Lipinski definition) is 1. The summed E-state index contributed by atoms with van der Waals surface area (Å²) < 4.78 is 6.18. The van der Waals surface area contributed by atoms with Gasteiger partial charge in [-0.05, 0) is 48.9 Å². The van der Waals surface area contributed by atoms with Gasteiger partial charge in [-0.1, -0.05) is 54.9 Å². The molecule has 1 aromatic heterocycles. The summed E-state index contributed by atoms with van der Waals surface area (Å²) in [5.74, 6) is 2.02. The number of furan rings is 1. The molecule has 2 aromatic carbocycles. The molecule has 1 unspecified atom stereocenters. The summed E-state index contributed by atoms with van der Waals surface area (Å²) >= 11 is 7.56. The van der Waals surface area contributed by atoms with Gasteiger partial charge < -0.3 is 4.42 Å². The fraction of sp³-hybridized carbons (Fsp3) is 0.208. The summed E-state index contributed by atoms with van der Waals surface area (Å²) in [6.45, 7) is 2.14. The van der Waals surface area contributed by atoms with Crippen LogP contribution in [-0.4, -0.2) is 21.8 Å². The van der Waals surface area contributed by atoms with Crippen LogP contribution in [-0.2, 0) is 4.79 Å². The predicted octanol–water partition coefficient (Wildman–Crippen LogP) is 4.28. The largest absolute Gasteiger partial charge is 0.457 e. The molecule has 6 nitrogen and oxygen atoms in total. The summed E-state index contributed by atoms with van der Waals surface area (Å²) in [7, 11) is 0. The van der Waals surface area contributed by atoms with Crippen LogP contribution >= 0.6 is 23.4 Å². The molecule has 1 N–H and O–H groups in total. The van der Waals surface area contributed by atoms with Gasteiger partial charge in [-0.15, -0.1) is 5.10 Å². The maximum atomic E-state index is 13.1. The predicted molar refractivity (Wildman–Crippen MR) is 127 cm³/mol. The first kappa shape index (κ1) is 20.8. The van der Waals surface area contributed by atoms with Gasteiger partial charge >= 0.3 is 0 Å². The van der Waals surface area contributed by atoms with E-state index in [1.807, 2.05) is 60.7 Å². The number of nitrogens with one attached hydrogen (secondary N) is 1. The highest BCUT2D eigenvalue weighted by Gasteiger charge is 2.35. The van der Waals surface area contributed by atoms with Crippen LogP contribution in [0, 0.1) is 0 Å². The fourth-order valence-corrected chi connectivity index (χ4v) is 4.71. The third-order valence-corrected chi connectivity index (χ3v) is 6.46. The Bertz CT molecular complexity index is 1320. The summed E-state index contributed by atoms with van der Waals surface area (Å²) in [4.78, 5) is 18.0. The van der Waals surface area contributed by atoms with Crippen molar-refractivity contribution in [1.29, 1.82) is 0 Å². The number of unbranched alkanes of at least 4 members (excludes halogenated alkanes) is 1. The van der Waals surface area contributed by atoms with E-state index >= 15 is 0 Å². The molecule has 2 aliphatic heterocycles. The number of benzene rings is 2. The number of fused-ring (bicyclic) bond motifs is 2. The molecule has 162 valence electrons. The highest BCUT2D eigenvalue weighted by atomic mass is 35.5. The van der Waals surface area contributed by atoms with Crippen molar-refractivity contribution in [3.05, 3.63) is 82.0 Å². The van der Waals surface area contributed by atoms with Gasteiger partial charge in [0.15, 0.2) is 10.9 Å². The van der Waals surface area contributed by atoms with Crippen LogP contribution in [0.1, 0.15) is 31.7 Å². The third-order valence-electron chi connectivity index (χ3n) is 5.26. The molecule has 3 heterocycles. The first-order valence-corrected chi connectivity index (χ1v) is 11.9. The number of para-hydroxylation sites is 1. The second-order valence-corrected chi connectivity index (χ2v) is 9.00. The minimum absolute atomic E-state index is 0.184. The molecular formula is C24H21ClN4O2S. The molecule has 3 aromatic rings. The van der Waals surface area contributed by atoms with Crippen molar-refractivity contribution >= 4 is 40.1 Å². The monoisotopic (exact) mass is 464 g/mol. The van der Waals surface area contributed by atoms with Crippen LogP contribution < -0.4 is 15.9 Å². The lowest BCUT2D eigenvalue weighted by Gasteiger charge is -2.32. The fourth-order valence-electron chi connectivity index (χ4n) is 3.65. The number of amides is 1. The van der Waals surface area contributed by atoms with Gasteiger partial charge in [0, 0.05) is 21.6 Å². The van der Waals surface area contributed by atoms with E-state index in [9.17, 15) is 4.79 Å². The topological polar surface area (TPSA) is 70.2 Å². The summed E-state index contributed by atoms with van der Waals surface area (Å²) in [5, 5.41) is 12.1. The molecule has 1 amide bonds. The second-order valence-electron chi connectivity index (χ2n) is 7.48. The molecule has 32 heavy (non-hydrogen) atoms. The lowest BCUT2D eigenvalue weighted by Crippen LogP contribution is -2.50. The number of carbonyl (C=O) groups is 1. The molecule has 0 aliphatic carbocycles. The van der Waals surface area contributed by atoms with Crippen molar-refractivity contribution in [1.82, 2.24) is 10.3 Å². The van der Waals surface area contributed by atoms with E-state index in [1.54, 1.807) is 16.8 Å². The maximum absolute atomic E-state index is 13.1. The Morgan fingerprint density at radius 2 is 1.94 bits per heavy atom. The number of carbonyl (C=O) groups excluding carboxylic acids is 1. The van der Waals surface area contributed by atoms with E-state index in [0.29, 0.717) is 27.4 Å². The van der Waals surface area contributed by atoms with E-state index in [4.69, 9.17) is 26.1 Å². The minimum atomic E-state index is -0.575. The molecule has 1 atom stereocenters. The van der Waals surface area contributed by atoms with Crippen molar-refractivity contribution < 1.29 is 9.21 Å². The van der Waals surface area contributed by atoms with Gasteiger partial charge in [0.1, 0.15) is 11.5 Å². The number of rotatable bonds is 5. The second kappa shape index (κ2) is 8.84. The zero-order chi connectivity index (χ0) is 22.1. The third kappa shape index (κ3) is 3.94. The van der Waals surface area contributed by atoms with Gasteiger partial charge in [-0.25, -0.2) is 10.0 Å². The van der Waals surface area contributed by atoms with Crippen LogP contribution in [0.3, 0.4) is 0 Å². The Balaban J connectivity index is 1.57. The molecular weight excluding hydrogens is 444 g/mol. The molecule has 8 heteroatoms. The van der Waals surface area contributed by atoms with Crippen molar-refractivity contribution in [2.24, 2.45) is 10.1 Å². The van der Waals surface area contributed by atoms with E-state index in [1.165, 1.54) is 0 Å². The van der Waals surface area contributed by atoms with E-state index in [2.05, 4.69) is 12.2 Å². The Kier molecular flexibility index (Phi) is 5.76. The number of nitrogens with zero attached hydrogens (tertiary/aromatic N) is 3. The van der Waals surface area contributed by atoms with E-state index in [-0.39, 0.29) is 5.91 Å². The number of hydrogen-bond acceptors (Lipinski definition) is 6. The van der Waals surface area contributed by atoms with Gasteiger partial charge in [-0.3, -0.25) is 10.1 Å². The van der Waals surface area contributed by atoms with Gasteiger partial charge in [-0.2, -0.15) is 0 Å². The van der Waals surface area contributed by atoms with Crippen LogP contribution in [0.25, 0.3) is 17.0 Å². The minimum Gasteiger partial charge on any atom is -0.457 e. The van der Waals surface area contributed by atoms with Crippen LogP contribution in [0.4, 0.5) is 0 Å². The maximum Gasteiger partial charge on any atom is 0.276 e. The Morgan fingerprint density at radius 3 is 2.75 bits per heavy atom. The number of hydrazone groups is 1. The highest BCUT2D eigenvalue weighted by Crippen LogP contribution is 2.34. The zero-order valence-corrected chi connectivity index (χ0v) is 19.0. The van der Waals surface area contributed by atoms with Crippen LogP contribution in [0.15, 0.2) is 75.2 Å². The summed E-state index contributed by atoms with van der Waals surface area (Å²) in [5.41, 5.74) is 1.39. The number of thioether (sulfide) groups is 1. The Labute approximate surface area is 194 Å².